The predicted molar refractivity (Wildman–Crippen MR) is 83.9 cm³/mol. The number of nitrogens with two attached hydrogens (primary N) is 1. The van der Waals surface area contributed by atoms with Crippen LogP contribution in [0.15, 0.2) is 24.3 Å². The lowest BCUT2D eigenvalue weighted by molar-refractivity contribution is -0.132. The Morgan fingerprint density at radius 3 is 2.33 bits per heavy atom. The summed E-state index contributed by atoms with van der Waals surface area (Å²) in [6, 6.07) is 8.31. The third-order valence-electron chi connectivity index (χ3n) is 3.51. The molecule has 0 saturated carbocycles. The van der Waals surface area contributed by atoms with Crippen LogP contribution in [0.5, 0.6) is 0 Å². The monoisotopic (exact) mass is 291 g/mol. The maximum Gasteiger partial charge on any atom is 0.241 e. The highest BCUT2D eigenvalue weighted by atomic mass is 16.2. The van der Waals surface area contributed by atoms with Crippen LogP contribution >= 0.6 is 0 Å². The van der Waals surface area contributed by atoms with E-state index in [9.17, 15) is 9.59 Å². The zero-order valence-corrected chi connectivity index (χ0v) is 13.3. The zero-order chi connectivity index (χ0) is 16.0. The van der Waals surface area contributed by atoms with Gasteiger partial charge in [-0.2, -0.15) is 0 Å². The fourth-order valence-corrected chi connectivity index (χ4v) is 2.16. The van der Waals surface area contributed by atoms with E-state index < -0.39 is 0 Å². The van der Waals surface area contributed by atoms with E-state index in [1.165, 1.54) is 11.1 Å². The Kier molecular flexibility index (Phi) is 5.90. The summed E-state index contributed by atoms with van der Waals surface area (Å²) in [6.07, 6.45) is 0. The Bertz CT molecular complexity index is 495. The summed E-state index contributed by atoms with van der Waals surface area (Å²) in [7, 11) is 1.74. The first-order chi connectivity index (χ1) is 9.76. The summed E-state index contributed by atoms with van der Waals surface area (Å²) >= 11 is 0. The van der Waals surface area contributed by atoms with Gasteiger partial charge < -0.3 is 16.0 Å². The van der Waals surface area contributed by atoms with E-state index in [2.05, 4.69) is 43.4 Å². The lowest BCUT2D eigenvalue weighted by atomic mass is 9.84. The van der Waals surface area contributed by atoms with Crippen molar-refractivity contribution in [2.75, 3.05) is 26.7 Å². The van der Waals surface area contributed by atoms with Crippen LogP contribution in [-0.2, 0) is 15.0 Å². The standard InChI is InChI=1S/C16H25N3O2/c1-12-5-7-13(8-6-12)16(2,3)11-19(4)15(21)10-18-14(20)9-17/h5-8H,9-11,17H2,1-4H3,(H,18,20). The van der Waals surface area contributed by atoms with E-state index in [1.54, 1.807) is 11.9 Å². The van der Waals surface area contributed by atoms with Crippen LogP contribution in [0.25, 0.3) is 0 Å². The second-order valence-corrected chi connectivity index (χ2v) is 5.98. The number of amides is 2. The van der Waals surface area contributed by atoms with E-state index in [-0.39, 0.29) is 30.3 Å². The number of rotatable bonds is 6. The number of hydrogen-bond donors (Lipinski definition) is 2. The first-order valence-corrected chi connectivity index (χ1v) is 7.04. The van der Waals surface area contributed by atoms with Crippen molar-refractivity contribution >= 4 is 11.8 Å². The smallest absolute Gasteiger partial charge is 0.241 e. The number of aryl methyl sites for hydroxylation is 1. The molecule has 0 bridgehead atoms. The molecule has 3 N–H and O–H groups in total. The first-order valence-electron chi connectivity index (χ1n) is 7.04. The van der Waals surface area contributed by atoms with Crippen molar-refractivity contribution < 1.29 is 9.59 Å². The number of nitrogens with zero attached hydrogens (tertiary/aromatic N) is 1. The van der Waals surface area contributed by atoms with Gasteiger partial charge in [0.05, 0.1) is 13.1 Å². The molecule has 0 heterocycles. The lowest BCUT2D eigenvalue weighted by Gasteiger charge is -2.31. The average Bonchev–Trinajstić information content (AvgIpc) is 2.44. The molecule has 116 valence electrons. The van der Waals surface area contributed by atoms with Crippen molar-refractivity contribution in [3.8, 4) is 0 Å². The van der Waals surface area contributed by atoms with Gasteiger partial charge in [0.25, 0.3) is 0 Å². The highest BCUT2D eigenvalue weighted by Crippen LogP contribution is 2.24. The minimum atomic E-state index is -0.324. The van der Waals surface area contributed by atoms with Gasteiger partial charge in [0.15, 0.2) is 0 Å². The second kappa shape index (κ2) is 7.22. The normalized spacial score (nSPS) is 11.1. The molecule has 5 nitrogen and oxygen atoms in total. The number of hydrogen-bond acceptors (Lipinski definition) is 3. The first kappa shape index (κ1) is 17.2. The van der Waals surface area contributed by atoms with Gasteiger partial charge in [-0.25, -0.2) is 0 Å². The molecule has 0 aliphatic heterocycles. The van der Waals surface area contributed by atoms with E-state index >= 15 is 0 Å². The molecule has 21 heavy (non-hydrogen) atoms. The maximum absolute atomic E-state index is 12.0. The van der Waals surface area contributed by atoms with E-state index in [0.717, 1.165) is 0 Å². The lowest BCUT2D eigenvalue weighted by Crippen LogP contribution is -2.44. The van der Waals surface area contributed by atoms with Gasteiger partial charge in [-0.05, 0) is 12.5 Å². The summed E-state index contributed by atoms with van der Waals surface area (Å²) in [5, 5.41) is 2.49. The van der Waals surface area contributed by atoms with Crippen molar-refractivity contribution in [3.05, 3.63) is 35.4 Å². The fraction of sp³-hybridized carbons (Fsp3) is 0.500. The number of nitrogens with one attached hydrogen (secondary N) is 1. The number of benzene rings is 1. The van der Waals surface area contributed by atoms with Crippen molar-refractivity contribution in [2.45, 2.75) is 26.2 Å². The van der Waals surface area contributed by atoms with Gasteiger partial charge in [-0.15, -0.1) is 0 Å². The van der Waals surface area contributed by atoms with E-state index in [4.69, 9.17) is 5.73 Å². The third kappa shape index (κ3) is 5.19. The quantitative estimate of drug-likeness (QED) is 0.814. The zero-order valence-electron chi connectivity index (χ0n) is 13.3. The summed E-state index contributed by atoms with van der Waals surface area (Å²) in [6.45, 7) is 6.70. The average molecular weight is 291 g/mol. The van der Waals surface area contributed by atoms with Crippen LogP contribution in [0.1, 0.15) is 25.0 Å². The SMILES string of the molecule is Cc1ccc(C(C)(C)CN(C)C(=O)CNC(=O)CN)cc1. The second-order valence-electron chi connectivity index (χ2n) is 5.98. The Hall–Kier alpha value is -1.88. The predicted octanol–water partition coefficient (Wildman–Crippen LogP) is 0.806. The van der Waals surface area contributed by atoms with Crippen LogP contribution in [0.2, 0.25) is 0 Å². The molecule has 0 saturated heterocycles. The fourth-order valence-electron chi connectivity index (χ4n) is 2.16. The van der Waals surface area contributed by atoms with Crippen molar-refractivity contribution in [3.63, 3.8) is 0 Å². The molecule has 0 aliphatic rings. The van der Waals surface area contributed by atoms with Crippen molar-refractivity contribution in [2.24, 2.45) is 5.73 Å². The van der Waals surface area contributed by atoms with Gasteiger partial charge >= 0.3 is 0 Å². The van der Waals surface area contributed by atoms with Crippen molar-refractivity contribution in [1.29, 1.82) is 0 Å². The van der Waals surface area contributed by atoms with Gasteiger partial charge in [0.1, 0.15) is 0 Å². The van der Waals surface area contributed by atoms with Gasteiger partial charge in [-0.1, -0.05) is 43.7 Å². The van der Waals surface area contributed by atoms with Crippen LogP contribution in [0, 0.1) is 6.92 Å². The number of carbonyl (C=O) groups excluding carboxylic acids is 2. The molecule has 0 unspecified atom stereocenters. The molecule has 1 rings (SSSR count). The van der Waals surface area contributed by atoms with Gasteiger partial charge in [0.2, 0.25) is 11.8 Å². The summed E-state index contributed by atoms with van der Waals surface area (Å²) in [4.78, 5) is 24.7. The molecule has 1 aromatic rings. The molecular formula is C16H25N3O2. The largest absolute Gasteiger partial charge is 0.346 e. The Labute approximate surface area is 126 Å². The Morgan fingerprint density at radius 2 is 1.81 bits per heavy atom. The molecule has 5 heteroatoms. The molecule has 1 aromatic carbocycles. The maximum atomic E-state index is 12.0. The van der Waals surface area contributed by atoms with E-state index in [1.807, 2.05) is 6.92 Å². The third-order valence-corrected chi connectivity index (χ3v) is 3.51. The van der Waals surface area contributed by atoms with Crippen LogP contribution in [0.4, 0.5) is 0 Å². The highest BCUT2D eigenvalue weighted by molar-refractivity contribution is 5.85. The topological polar surface area (TPSA) is 75.4 Å². The van der Waals surface area contributed by atoms with Crippen LogP contribution in [0.3, 0.4) is 0 Å². The molecule has 0 atom stereocenters. The Balaban J connectivity index is 2.63. The minimum Gasteiger partial charge on any atom is -0.346 e. The molecule has 0 aromatic heterocycles. The van der Waals surface area contributed by atoms with E-state index in [0.29, 0.717) is 6.54 Å². The Morgan fingerprint density at radius 1 is 1.24 bits per heavy atom. The molecule has 0 fully saturated rings. The van der Waals surface area contributed by atoms with Crippen LogP contribution in [-0.4, -0.2) is 43.4 Å². The van der Waals surface area contributed by atoms with Crippen molar-refractivity contribution in [1.82, 2.24) is 10.2 Å². The number of likely N-dealkylation sites (N-methyl/N-ethyl adjacent to an activating group) is 1. The molecule has 0 radical (unpaired) electrons. The minimum absolute atomic E-state index is 0.0174. The molecule has 0 aliphatic carbocycles. The summed E-state index contributed by atoms with van der Waals surface area (Å²) < 4.78 is 0. The molecule has 2 amide bonds. The highest BCUT2D eigenvalue weighted by Gasteiger charge is 2.24. The summed E-state index contributed by atoms with van der Waals surface area (Å²) in [5.74, 6) is -0.452. The summed E-state index contributed by atoms with van der Waals surface area (Å²) in [5.41, 5.74) is 7.42. The number of carbonyl (C=O) groups is 2. The molecule has 0 spiro atoms. The van der Waals surface area contributed by atoms with Gasteiger partial charge in [0, 0.05) is 19.0 Å². The molecular weight excluding hydrogens is 266 g/mol. The van der Waals surface area contributed by atoms with Crippen LogP contribution < -0.4 is 11.1 Å². The van der Waals surface area contributed by atoms with Gasteiger partial charge in [-0.3, -0.25) is 9.59 Å².